The Hall–Kier alpha value is -3.42. The molecule has 0 fully saturated rings. The first kappa shape index (κ1) is 17.9. The zero-order chi connectivity index (χ0) is 18.4. The highest BCUT2D eigenvalue weighted by atomic mass is 16.6. The van der Waals surface area contributed by atoms with Crippen molar-refractivity contribution in [2.45, 2.75) is 13.8 Å². The predicted molar refractivity (Wildman–Crippen MR) is 89.7 cm³/mol. The van der Waals surface area contributed by atoms with Crippen LogP contribution in [0.15, 0.2) is 41.5 Å². The quantitative estimate of drug-likeness (QED) is 0.488. The smallest absolute Gasteiger partial charge is 0.278 e. The lowest BCUT2D eigenvalue weighted by Gasteiger charge is -2.08. The molecule has 0 radical (unpaired) electrons. The summed E-state index contributed by atoms with van der Waals surface area (Å²) in [6, 6.07) is 8.82. The average Bonchev–Trinajstić information content (AvgIpc) is 2.54. The molecule has 0 aromatic heterocycles. The van der Waals surface area contributed by atoms with Crippen LogP contribution >= 0.6 is 0 Å². The summed E-state index contributed by atoms with van der Waals surface area (Å²) in [6.07, 6.45) is 1.05. The summed E-state index contributed by atoms with van der Waals surface area (Å²) in [7, 11) is 0. The van der Waals surface area contributed by atoms with Gasteiger partial charge in [0.15, 0.2) is 6.61 Å². The SMILES string of the molecule is Cc1ccc(OCC(=O)N/N=C\c2cc([O-])ccc2[N+](=O)[O-])c(C)c1. The normalized spacial score (nSPS) is 10.6. The molecule has 0 aliphatic heterocycles. The number of hydrazone groups is 1. The van der Waals surface area contributed by atoms with Crippen molar-refractivity contribution in [3.8, 4) is 11.5 Å². The Balaban J connectivity index is 1.95. The summed E-state index contributed by atoms with van der Waals surface area (Å²) < 4.78 is 5.39. The van der Waals surface area contributed by atoms with E-state index in [1.807, 2.05) is 26.0 Å². The van der Waals surface area contributed by atoms with Crippen LogP contribution in [0.3, 0.4) is 0 Å². The molecular weight excluding hydrogens is 326 g/mol. The fraction of sp³-hybridized carbons (Fsp3) is 0.176. The van der Waals surface area contributed by atoms with Crippen LogP contribution in [0.5, 0.6) is 11.5 Å². The monoisotopic (exact) mass is 342 g/mol. The molecule has 8 nitrogen and oxygen atoms in total. The first-order valence-electron chi connectivity index (χ1n) is 7.34. The average molecular weight is 342 g/mol. The fourth-order valence-electron chi connectivity index (χ4n) is 2.11. The van der Waals surface area contributed by atoms with Crippen molar-refractivity contribution in [3.05, 3.63) is 63.2 Å². The summed E-state index contributed by atoms with van der Waals surface area (Å²) >= 11 is 0. The molecule has 0 saturated carbocycles. The molecule has 1 N–H and O–H groups in total. The third-order valence-electron chi connectivity index (χ3n) is 3.28. The lowest BCUT2D eigenvalue weighted by molar-refractivity contribution is -0.385. The minimum atomic E-state index is -0.633. The molecule has 0 heterocycles. The van der Waals surface area contributed by atoms with Crippen LogP contribution in [0.4, 0.5) is 5.69 Å². The van der Waals surface area contributed by atoms with Gasteiger partial charge in [0.1, 0.15) is 5.75 Å². The van der Waals surface area contributed by atoms with E-state index in [2.05, 4.69) is 10.5 Å². The number of benzene rings is 2. The topological polar surface area (TPSA) is 117 Å². The predicted octanol–water partition coefficient (Wildman–Crippen LogP) is 1.81. The molecule has 8 heteroatoms. The second kappa shape index (κ2) is 7.91. The van der Waals surface area contributed by atoms with E-state index < -0.39 is 16.6 Å². The number of nitrogens with zero attached hydrogens (tertiary/aromatic N) is 2. The van der Waals surface area contributed by atoms with Gasteiger partial charge in [0.05, 0.1) is 16.7 Å². The van der Waals surface area contributed by atoms with Gasteiger partial charge in [0.25, 0.3) is 11.6 Å². The summed E-state index contributed by atoms with van der Waals surface area (Å²) in [4.78, 5) is 22.0. The minimum Gasteiger partial charge on any atom is -0.872 e. The van der Waals surface area contributed by atoms with Gasteiger partial charge in [-0.05, 0) is 25.5 Å². The third kappa shape index (κ3) is 5.03. The Morgan fingerprint density at radius 1 is 1.28 bits per heavy atom. The first-order chi connectivity index (χ1) is 11.9. The molecule has 0 aliphatic rings. The number of carbonyl (C=O) groups is 1. The van der Waals surface area contributed by atoms with E-state index in [-0.39, 0.29) is 17.9 Å². The maximum Gasteiger partial charge on any atom is 0.278 e. The maximum absolute atomic E-state index is 11.7. The molecule has 0 saturated heterocycles. The molecule has 2 rings (SSSR count). The Bertz CT molecular complexity index is 833. The number of nitro groups is 1. The highest BCUT2D eigenvalue weighted by Crippen LogP contribution is 2.20. The summed E-state index contributed by atoms with van der Waals surface area (Å²) in [5.74, 6) is -0.340. The van der Waals surface area contributed by atoms with Gasteiger partial charge in [-0.1, -0.05) is 29.8 Å². The molecule has 2 aromatic carbocycles. The number of ether oxygens (including phenoxy) is 1. The van der Waals surface area contributed by atoms with Crippen molar-refractivity contribution in [1.82, 2.24) is 5.43 Å². The van der Waals surface area contributed by atoms with Gasteiger partial charge in [-0.2, -0.15) is 5.10 Å². The van der Waals surface area contributed by atoms with Gasteiger partial charge in [0, 0.05) is 6.07 Å². The molecule has 2 aromatic rings. The number of rotatable bonds is 6. The highest BCUT2D eigenvalue weighted by molar-refractivity contribution is 5.87. The summed E-state index contributed by atoms with van der Waals surface area (Å²) in [6.45, 7) is 3.56. The largest absolute Gasteiger partial charge is 0.872 e. The van der Waals surface area contributed by atoms with Crippen LogP contribution in [-0.4, -0.2) is 23.7 Å². The van der Waals surface area contributed by atoms with Crippen LogP contribution in [0.2, 0.25) is 0 Å². The van der Waals surface area contributed by atoms with Crippen molar-refractivity contribution in [2.24, 2.45) is 5.10 Å². The fourth-order valence-corrected chi connectivity index (χ4v) is 2.11. The minimum absolute atomic E-state index is 0.00750. The van der Waals surface area contributed by atoms with Crippen LogP contribution < -0.4 is 15.3 Å². The molecule has 0 unspecified atom stereocenters. The van der Waals surface area contributed by atoms with E-state index in [0.29, 0.717) is 5.75 Å². The van der Waals surface area contributed by atoms with Crippen LogP contribution in [0, 0.1) is 24.0 Å². The highest BCUT2D eigenvalue weighted by Gasteiger charge is 2.11. The zero-order valence-electron chi connectivity index (χ0n) is 13.7. The summed E-state index contributed by atoms with van der Waals surface area (Å²) in [5.41, 5.74) is 3.92. The number of amides is 1. The molecule has 0 bridgehead atoms. The van der Waals surface area contributed by atoms with Gasteiger partial charge in [-0.3, -0.25) is 14.9 Å². The third-order valence-corrected chi connectivity index (χ3v) is 3.28. The number of carbonyl (C=O) groups excluding carboxylic acids is 1. The maximum atomic E-state index is 11.7. The van der Waals surface area contributed by atoms with E-state index >= 15 is 0 Å². The number of hydrogen-bond acceptors (Lipinski definition) is 6. The molecular formula is C17H16N3O5-. The second-order valence-electron chi connectivity index (χ2n) is 5.33. The molecule has 25 heavy (non-hydrogen) atoms. The lowest BCUT2D eigenvalue weighted by atomic mass is 10.1. The Morgan fingerprint density at radius 2 is 2.04 bits per heavy atom. The molecule has 130 valence electrons. The van der Waals surface area contributed by atoms with Gasteiger partial charge < -0.3 is 9.84 Å². The Kier molecular flexibility index (Phi) is 5.67. The van der Waals surface area contributed by atoms with E-state index in [0.717, 1.165) is 35.5 Å². The van der Waals surface area contributed by atoms with Crippen molar-refractivity contribution < 1.29 is 19.6 Å². The number of nitro benzene ring substituents is 1. The summed E-state index contributed by atoms with van der Waals surface area (Å²) in [5, 5.41) is 25.8. The van der Waals surface area contributed by atoms with E-state index in [1.165, 1.54) is 0 Å². The molecule has 0 atom stereocenters. The van der Waals surface area contributed by atoms with Crippen molar-refractivity contribution in [1.29, 1.82) is 0 Å². The van der Waals surface area contributed by atoms with Gasteiger partial charge in [0.2, 0.25) is 0 Å². The number of hydrogen-bond donors (Lipinski definition) is 1. The van der Waals surface area contributed by atoms with Crippen molar-refractivity contribution in [3.63, 3.8) is 0 Å². The molecule has 0 aliphatic carbocycles. The van der Waals surface area contributed by atoms with Gasteiger partial charge in [-0.25, -0.2) is 5.43 Å². The van der Waals surface area contributed by atoms with Crippen LogP contribution in [0.25, 0.3) is 0 Å². The lowest BCUT2D eigenvalue weighted by Crippen LogP contribution is -2.24. The van der Waals surface area contributed by atoms with Crippen LogP contribution in [0.1, 0.15) is 16.7 Å². The van der Waals surface area contributed by atoms with E-state index in [9.17, 15) is 20.0 Å². The van der Waals surface area contributed by atoms with E-state index in [1.54, 1.807) is 6.07 Å². The van der Waals surface area contributed by atoms with E-state index in [4.69, 9.17) is 4.74 Å². The van der Waals surface area contributed by atoms with Crippen molar-refractivity contribution >= 4 is 17.8 Å². The Labute approximate surface area is 143 Å². The first-order valence-corrected chi connectivity index (χ1v) is 7.34. The van der Waals surface area contributed by atoms with Crippen molar-refractivity contribution in [2.75, 3.05) is 6.61 Å². The molecule has 0 spiro atoms. The van der Waals surface area contributed by atoms with Gasteiger partial charge >= 0.3 is 0 Å². The molecule has 1 amide bonds. The van der Waals surface area contributed by atoms with Gasteiger partial charge in [-0.15, -0.1) is 5.75 Å². The van der Waals surface area contributed by atoms with Crippen LogP contribution in [-0.2, 0) is 4.79 Å². The number of nitrogens with one attached hydrogen (secondary N) is 1. The Morgan fingerprint density at radius 3 is 2.72 bits per heavy atom. The zero-order valence-corrected chi connectivity index (χ0v) is 13.7. The second-order valence-corrected chi connectivity index (χ2v) is 5.33. The number of aryl methyl sites for hydroxylation is 2. The standard InChI is InChI=1S/C17H17N3O5/c1-11-3-6-16(12(2)7-11)25-10-17(22)19-18-9-13-8-14(21)4-5-15(13)20(23)24/h3-9,21H,10H2,1-2H3,(H,19,22)/p-1/b18-9-.